The highest BCUT2D eigenvalue weighted by Crippen LogP contribution is 2.09. The van der Waals surface area contributed by atoms with E-state index in [9.17, 15) is 4.79 Å². The van der Waals surface area contributed by atoms with Crippen LogP contribution in [-0.2, 0) is 4.79 Å². The molecule has 14 heavy (non-hydrogen) atoms. The molecule has 0 aromatic rings. The predicted octanol–water partition coefficient (Wildman–Crippen LogP) is 2.78. The van der Waals surface area contributed by atoms with Gasteiger partial charge >= 0.3 is 0 Å². The Hall–Kier alpha value is -0.180. The highest BCUT2D eigenvalue weighted by Gasteiger charge is 2.02. The number of thioether (sulfide) groups is 1. The van der Waals surface area contributed by atoms with Crippen LogP contribution in [0.5, 0.6) is 0 Å². The largest absolute Gasteiger partial charge is 0.349 e. The number of unbranched alkanes of at least 4 members (excludes halogenated alkanes) is 3. The van der Waals surface area contributed by atoms with Crippen molar-refractivity contribution in [3.63, 3.8) is 0 Å². The van der Waals surface area contributed by atoms with E-state index in [4.69, 9.17) is 0 Å². The molecule has 0 aliphatic carbocycles. The minimum Gasteiger partial charge on any atom is -0.349 e. The Morgan fingerprint density at radius 1 is 1.14 bits per heavy atom. The fourth-order valence-electron chi connectivity index (χ4n) is 1.12. The van der Waals surface area contributed by atoms with Crippen LogP contribution in [0.4, 0.5) is 0 Å². The Morgan fingerprint density at radius 3 is 2.43 bits per heavy atom. The SMILES string of the molecule is CCCCCCSCCC(=O)N(C)C. The van der Waals surface area contributed by atoms with Crippen LogP contribution in [0.15, 0.2) is 0 Å². The second-order valence-corrected chi connectivity index (χ2v) is 4.94. The van der Waals surface area contributed by atoms with E-state index in [2.05, 4.69) is 6.92 Å². The van der Waals surface area contributed by atoms with Crippen molar-refractivity contribution in [3.8, 4) is 0 Å². The second kappa shape index (κ2) is 9.38. The molecule has 0 radical (unpaired) electrons. The first-order chi connectivity index (χ1) is 6.68. The number of nitrogens with zero attached hydrogens (tertiary/aromatic N) is 1. The number of carbonyl (C=O) groups is 1. The maximum absolute atomic E-state index is 11.2. The number of carbonyl (C=O) groups excluding carboxylic acids is 1. The summed E-state index contributed by atoms with van der Waals surface area (Å²) in [5.74, 6) is 2.43. The molecule has 0 aromatic carbocycles. The van der Waals surface area contributed by atoms with Gasteiger partial charge in [-0.15, -0.1) is 0 Å². The molecule has 1 amide bonds. The highest BCUT2D eigenvalue weighted by molar-refractivity contribution is 7.99. The van der Waals surface area contributed by atoms with Gasteiger partial charge in [0.2, 0.25) is 5.91 Å². The number of hydrogen-bond acceptors (Lipinski definition) is 2. The first-order valence-electron chi connectivity index (χ1n) is 5.46. The van der Waals surface area contributed by atoms with Crippen LogP contribution in [0.1, 0.15) is 39.0 Å². The first-order valence-corrected chi connectivity index (χ1v) is 6.61. The Kier molecular flexibility index (Phi) is 9.26. The number of hydrogen-bond donors (Lipinski definition) is 0. The van der Waals surface area contributed by atoms with Gasteiger partial charge in [-0.25, -0.2) is 0 Å². The third kappa shape index (κ3) is 8.42. The van der Waals surface area contributed by atoms with E-state index in [0.717, 1.165) is 5.75 Å². The van der Waals surface area contributed by atoms with Crippen molar-refractivity contribution in [3.05, 3.63) is 0 Å². The maximum atomic E-state index is 11.2. The fourth-order valence-corrected chi connectivity index (χ4v) is 2.05. The van der Waals surface area contributed by atoms with Crippen molar-refractivity contribution in [2.45, 2.75) is 39.0 Å². The quantitative estimate of drug-likeness (QED) is 0.583. The van der Waals surface area contributed by atoms with Crippen molar-refractivity contribution < 1.29 is 4.79 Å². The van der Waals surface area contributed by atoms with Crippen LogP contribution in [0.3, 0.4) is 0 Å². The topological polar surface area (TPSA) is 20.3 Å². The lowest BCUT2D eigenvalue weighted by Gasteiger charge is -2.09. The van der Waals surface area contributed by atoms with E-state index < -0.39 is 0 Å². The minimum atomic E-state index is 0.242. The third-order valence-electron chi connectivity index (χ3n) is 2.10. The van der Waals surface area contributed by atoms with Crippen LogP contribution in [0.2, 0.25) is 0 Å². The van der Waals surface area contributed by atoms with Crippen LogP contribution in [-0.4, -0.2) is 36.4 Å². The molecule has 0 bridgehead atoms. The van der Waals surface area contributed by atoms with Crippen molar-refractivity contribution in [1.82, 2.24) is 4.90 Å². The third-order valence-corrected chi connectivity index (χ3v) is 3.17. The van der Waals surface area contributed by atoms with Gasteiger partial charge in [0, 0.05) is 26.3 Å². The van der Waals surface area contributed by atoms with E-state index in [0.29, 0.717) is 6.42 Å². The molecule has 0 aliphatic rings. The summed E-state index contributed by atoms with van der Waals surface area (Å²) < 4.78 is 0. The average molecular weight is 217 g/mol. The Balaban J connectivity index is 3.10. The molecule has 0 N–H and O–H groups in total. The zero-order valence-corrected chi connectivity index (χ0v) is 10.5. The Morgan fingerprint density at radius 2 is 1.86 bits per heavy atom. The summed E-state index contributed by atoms with van der Waals surface area (Å²) in [6.07, 6.45) is 5.96. The summed E-state index contributed by atoms with van der Waals surface area (Å²) in [6, 6.07) is 0. The van der Waals surface area contributed by atoms with Crippen molar-refractivity contribution in [1.29, 1.82) is 0 Å². The van der Waals surface area contributed by atoms with Gasteiger partial charge in [0.25, 0.3) is 0 Å². The standard InChI is InChI=1S/C11H23NOS/c1-4-5-6-7-9-14-10-8-11(13)12(2)3/h4-10H2,1-3H3. The van der Waals surface area contributed by atoms with Gasteiger partial charge in [-0.2, -0.15) is 11.8 Å². The summed E-state index contributed by atoms with van der Waals surface area (Å²) in [7, 11) is 3.63. The second-order valence-electron chi connectivity index (χ2n) is 3.71. The van der Waals surface area contributed by atoms with Gasteiger partial charge in [-0.05, 0) is 12.2 Å². The molecular weight excluding hydrogens is 194 g/mol. The predicted molar refractivity (Wildman–Crippen MR) is 64.8 cm³/mol. The average Bonchev–Trinajstić information content (AvgIpc) is 2.16. The van der Waals surface area contributed by atoms with Gasteiger partial charge in [-0.3, -0.25) is 4.79 Å². The highest BCUT2D eigenvalue weighted by atomic mass is 32.2. The zero-order valence-electron chi connectivity index (χ0n) is 9.71. The van der Waals surface area contributed by atoms with E-state index in [-0.39, 0.29) is 5.91 Å². The minimum absolute atomic E-state index is 0.242. The van der Waals surface area contributed by atoms with Crippen LogP contribution < -0.4 is 0 Å². The molecule has 0 fully saturated rings. The number of amides is 1. The molecule has 0 aliphatic heterocycles. The smallest absolute Gasteiger partial charge is 0.222 e. The van der Waals surface area contributed by atoms with Crippen LogP contribution in [0, 0.1) is 0 Å². The summed E-state index contributed by atoms with van der Waals surface area (Å²) >= 11 is 1.90. The molecule has 0 atom stereocenters. The lowest BCUT2D eigenvalue weighted by atomic mass is 10.2. The normalized spacial score (nSPS) is 10.2. The summed E-state index contributed by atoms with van der Waals surface area (Å²) in [5.41, 5.74) is 0. The van der Waals surface area contributed by atoms with Gasteiger partial charge in [0.1, 0.15) is 0 Å². The van der Waals surface area contributed by atoms with E-state index in [1.54, 1.807) is 4.90 Å². The first kappa shape index (κ1) is 13.8. The molecule has 0 aromatic heterocycles. The molecule has 84 valence electrons. The van der Waals surface area contributed by atoms with Crippen molar-refractivity contribution in [2.24, 2.45) is 0 Å². The molecular formula is C11H23NOS. The van der Waals surface area contributed by atoms with E-state index in [1.807, 2.05) is 25.9 Å². The summed E-state index contributed by atoms with van der Waals surface area (Å²) in [5, 5.41) is 0. The monoisotopic (exact) mass is 217 g/mol. The maximum Gasteiger partial charge on any atom is 0.222 e. The van der Waals surface area contributed by atoms with E-state index in [1.165, 1.54) is 31.4 Å². The summed E-state index contributed by atoms with van der Waals surface area (Å²) in [6.45, 7) is 2.23. The molecule has 0 unspecified atom stereocenters. The fraction of sp³-hybridized carbons (Fsp3) is 0.909. The molecule has 3 heteroatoms. The lowest BCUT2D eigenvalue weighted by Crippen LogP contribution is -2.21. The van der Waals surface area contributed by atoms with Gasteiger partial charge in [0.15, 0.2) is 0 Å². The molecule has 0 saturated carbocycles. The molecule has 0 heterocycles. The van der Waals surface area contributed by atoms with Crippen LogP contribution >= 0.6 is 11.8 Å². The Labute approximate surface area is 92.4 Å². The van der Waals surface area contributed by atoms with Gasteiger partial charge in [-0.1, -0.05) is 26.2 Å². The molecule has 0 saturated heterocycles. The Bertz CT molecular complexity index is 148. The van der Waals surface area contributed by atoms with E-state index >= 15 is 0 Å². The molecule has 0 rings (SSSR count). The van der Waals surface area contributed by atoms with Gasteiger partial charge in [0.05, 0.1) is 0 Å². The molecule has 0 spiro atoms. The zero-order chi connectivity index (χ0) is 10.8. The molecule has 2 nitrogen and oxygen atoms in total. The summed E-state index contributed by atoms with van der Waals surface area (Å²) in [4.78, 5) is 12.9. The van der Waals surface area contributed by atoms with Crippen molar-refractivity contribution in [2.75, 3.05) is 25.6 Å². The van der Waals surface area contributed by atoms with Crippen molar-refractivity contribution >= 4 is 17.7 Å². The van der Waals surface area contributed by atoms with Crippen LogP contribution in [0.25, 0.3) is 0 Å². The van der Waals surface area contributed by atoms with Gasteiger partial charge < -0.3 is 4.90 Å². The number of rotatable bonds is 8. The lowest BCUT2D eigenvalue weighted by molar-refractivity contribution is -0.128.